The van der Waals surface area contributed by atoms with Crippen molar-refractivity contribution in [3.63, 3.8) is 0 Å². The van der Waals surface area contributed by atoms with Gasteiger partial charge in [0.1, 0.15) is 22.8 Å². The number of anilines is 3. The Hall–Kier alpha value is -5.05. The van der Waals surface area contributed by atoms with Gasteiger partial charge in [0, 0.05) is 17.5 Å². The highest BCUT2D eigenvalue weighted by molar-refractivity contribution is 6.31. The van der Waals surface area contributed by atoms with Crippen LogP contribution in [0.1, 0.15) is 22.4 Å². The lowest BCUT2D eigenvalue weighted by Gasteiger charge is -2.23. The van der Waals surface area contributed by atoms with Crippen LogP contribution in [-0.4, -0.2) is 35.9 Å². The number of carbonyl (C=O) groups is 1. The second-order valence-electron chi connectivity index (χ2n) is 8.96. The van der Waals surface area contributed by atoms with Crippen LogP contribution in [0.2, 0.25) is 5.02 Å². The van der Waals surface area contributed by atoms with E-state index in [2.05, 4.69) is 20.1 Å². The number of amides is 1. The zero-order valence-electron chi connectivity index (χ0n) is 21.1. The highest BCUT2D eigenvalue weighted by atomic mass is 35.5. The molecule has 216 valence electrons. The first-order chi connectivity index (χ1) is 19.8. The normalized spacial score (nSPS) is 11.7. The molecule has 3 heterocycles. The summed E-state index contributed by atoms with van der Waals surface area (Å²) in [6, 6.07) is 9.53. The van der Waals surface area contributed by atoms with Crippen LogP contribution in [0.25, 0.3) is 17.0 Å². The topological polar surface area (TPSA) is 149 Å². The molecule has 0 spiro atoms. The summed E-state index contributed by atoms with van der Waals surface area (Å²) in [4.78, 5) is 25.1. The van der Waals surface area contributed by atoms with Crippen LogP contribution in [-0.2, 0) is 19.1 Å². The Balaban J connectivity index is 1.55. The SMILES string of the molecule is Nc1nc(-n2nc(Cc3ccccc3F)c3ncc(F)cc32)nc(N)c1N(Cc1ccc(C(F)(F)F)cc1Cl)C(=O)O. The van der Waals surface area contributed by atoms with E-state index in [0.717, 1.165) is 29.1 Å². The molecular weight excluding hydrogens is 587 g/mol. The minimum atomic E-state index is -4.66. The molecule has 10 nitrogen and oxygen atoms in total. The molecule has 16 heteroatoms. The van der Waals surface area contributed by atoms with Crippen LogP contribution in [0.4, 0.5) is 44.1 Å². The van der Waals surface area contributed by atoms with Crippen LogP contribution in [0.3, 0.4) is 0 Å². The van der Waals surface area contributed by atoms with Gasteiger partial charge >= 0.3 is 12.3 Å². The Bertz CT molecular complexity index is 1820. The Morgan fingerprint density at radius 2 is 1.71 bits per heavy atom. The quantitative estimate of drug-likeness (QED) is 0.212. The molecule has 0 saturated heterocycles. The van der Waals surface area contributed by atoms with Crippen LogP contribution >= 0.6 is 11.6 Å². The number of benzene rings is 2. The molecule has 0 unspecified atom stereocenters. The van der Waals surface area contributed by atoms with E-state index in [-0.39, 0.29) is 45.4 Å². The van der Waals surface area contributed by atoms with E-state index in [9.17, 15) is 31.9 Å². The van der Waals surface area contributed by atoms with Crippen molar-refractivity contribution in [1.82, 2.24) is 24.7 Å². The number of fused-ring (bicyclic) bond motifs is 1. The van der Waals surface area contributed by atoms with Gasteiger partial charge < -0.3 is 16.6 Å². The molecule has 0 aliphatic carbocycles. The average molecular weight is 605 g/mol. The third-order valence-corrected chi connectivity index (χ3v) is 6.55. The van der Waals surface area contributed by atoms with Crippen molar-refractivity contribution in [3.05, 3.63) is 93.8 Å². The predicted octanol–water partition coefficient (Wildman–Crippen LogP) is 5.60. The summed E-state index contributed by atoms with van der Waals surface area (Å²) in [6.45, 7) is -0.546. The summed E-state index contributed by atoms with van der Waals surface area (Å²) in [7, 11) is 0. The average Bonchev–Trinajstić information content (AvgIpc) is 3.26. The standard InChI is InChI=1S/C26H18ClF5N8O2/c27-16-8-14(26(30,31)32)6-5-13(16)11-39(25(41)42)21-22(33)36-24(37-23(21)34)40-19-9-15(28)10-35-20(19)18(38-40)7-12-3-1-2-4-17(12)29/h1-6,8-10H,7,11H2,(H,41,42)(H4,33,34,36,37). The molecule has 0 bridgehead atoms. The number of hydrogen-bond acceptors (Lipinski definition) is 7. The molecule has 0 atom stereocenters. The monoisotopic (exact) mass is 604 g/mol. The van der Waals surface area contributed by atoms with E-state index in [1.54, 1.807) is 12.1 Å². The van der Waals surface area contributed by atoms with Crippen molar-refractivity contribution in [1.29, 1.82) is 0 Å². The Kier molecular flexibility index (Phi) is 7.28. The number of alkyl halides is 3. The zero-order chi connectivity index (χ0) is 30.3. The predicted molar refractivity (Wildman–Crippen MR) is 143 cm³/mol. The number of nitrogens with zero attached hydrogens (tertiary/aromatic N) is 6. The van der Waals surface area contributed by atoms with Crippen molar-refractivity contribution in [2.24, 2.45) is 0 Å². The van der Waals surface area contributed by atoms with E-state index < -0.39 is 47.6 Å². The molecule has 2 aromatic carbocycles. The van der Waals surface area contributed by atoms with Crippen LogP contribution in [0.5, 0.6) is 0 Å². The van der Waals surface area contributed by atoms with Gasteiger partial charge in [0.2, 0.25) is 0 Å². The molecule has 0 radical (unpaired) electrons. The Morgan fingerprint density at radius 1 is 1.02 bits per heavy atom. The third kappa shape index (κ3) is 5.45. The number of rotatable bonds is 6. The van der Waals surface area contributed by atoms with E-state index >= 15 is 0 Å². The first-order valence-electron chi connectivity index (χ1n) is 11.9. The highest BCUT2D eigenvalue weighted by Gasteiger charge is 2.32. The molecular formula is C26H18ClF5N8O2. The van der Waals surface area contributed by atoms with Crippen molar-refractivity contribution in [3.8, 4) is 5.95 Å². The molecule has 3 aromatic heterocycles. The fraction of sp³-hybridized carbons (Fsp3) is 0.115. The van der Waals surface area contributed by atoms with E-state index in [1.807, 2.05) is 0 Å². The van der Waals surface area contributed by atoms with Crippen molar-refractivity contribution in [2.45, 2.75) is 19.1 Å². The number of aromatic nitrogens is 5. The van der Waals surface area contributed by atoms with E-state index in [4.69, 9.17) is 23.1 Å². The summed E-state index contributed by atoms with van der Waals surface area (Å²) in [5.41, 5.74) is 11.7. The smallest absolute Gasteiger partial charge is 0.416 e. The largest absolute Gasteiger partial charge is 0.465 e. The van der Waals surface area contributed by atoms with Gasteiger partial charge in [-0.1, -0.05) is 35.9 Å². The molecule has 5 N–H and O–H groups in total. The second-order valence-corrected chi connectivity index (χ2v) is 9.37. The molecule has 1 amide bonds. The van der Waals surface area contributed by atoms with Gasteiger partial charge in [-0.3, -0.25) is 4.90 Å². The summed E-state index contributed by atoms with van der Waals surface area (Å²) in [5.74, 6) is -2.36. The molecule has 5 rings (SSSR count). The van der Waals surface area contributed by atoms with Gasteiger partial charge in [0.25, 0.3) is 5.95 Å². The zero-order valence-corrected chi connectivity index (χ0v) is 21.8. The first kappa shape index (κ1) is 28.5. The van der Waals surface area contributed by atoms with Crippen molar-refractivity contribution < 1.29 is 31.9 Å². The van der Waals surface area contributed by atoms with E-state index in [1.165, 1.54) is 12.1 Å². The minimum Gasteiger partial charge on any atom is -0.465 e. The molecule has 0 fully saturated rings. The first-order valence-corrected chi connectivity index (χ1v) is 12.3. The van der Waals surface area contributed by atoms with Crippen molar-refractivity contribution >= 4 is 46.1 Å². The maximum Gasteiger partial charge on any atom is 0.416 e. The van der Waals surface area contributed by atoms with Gasteiger partial charge in [0.15, 0.2) is 11.6 Å². The molecule has 42 heavy (non-hydrogen) atoms. The summed E-state index contributed by atoms with van der Waals surface area (Å²) < 4.78 is 68.7. The Morgan fingerprint density at radius 3 is 2.33 bits per heavy atom. The maximum atomic E-state index is 14.3. The lowest BCUT2D eigenvalue weighted by molar-refractivity contribution is -0.137. The van der Waals surface area contributed by atoms with Crippen molar-refractivity contribution in [2.75, 3.05) is 16.4 Å². The number of nitrogens with two attached hydrogens (primary N) is 2. The number of hydrogen-bond donors (Lipinski definition) is 3. The molecule has 0 aliphatic heterocycles. The highest BCUT2D eigenvalue weighted by Crippen LogP contribution is 2.35. The van der Waals surface area contributed by atoms with Gasteiger partial charge in [-0.15, -0.1) is 0 Å². The molecule has 0 saturated carbocycles. The minimum absolute atomic E-state index is 0.0153. The van der Waals surface area contributed by atoms with Gasteiger partial charge in [-0.2, -0.15) is 32.9 Å². The molecule has 5 aromatic rings. The molecule has 0 aliphatic rings. The van der Waals surface area contributed by atoms with Gasteiger partial charge in [0.05, 0.1) is 29.5 Å². The summed E-state index contributed by atoms with van der Waals surface area (Å²) >= 11 is 6.01. The lowest BCUT2D eigenvalue weighted by Crippen LogP contribution is -2.31. The summed E-state index contributed by atoms with van der Waals surface area (Å²) in [5, 5.41) is 13.9. The van der Waals surface area contributed by atoms with Crippen LogP contribution < -0.4 is 16.4 Å². The second kappa shape index (κ2) is 10.7. The number of nitrogen functional groups attached to an aromatic ring is 2. The van der Waals surface area contributed by atoms with E-state index in [0.29, 0.717) is 16.5 Å². The maximum absolute atomic E-state index is 14.3. The lowest BCUT2D eigenvalue weighted by atomic mass is 10.1. The summed E-state index contributed by atoms with van der Waals surface area (Å²) in [6.07, 6.45) is -5.29. The number of carboxylic acid groups (broad SMARTS) is 1. The fourth-order valence-corrected chi connectivity index (χ4v) is 4.48. The fourth-order valence-electron chi connectivity index (χ4n) is 4.24. The van der Waals surface area contributed by atoms with Crippen LogP contribution in [0.15, 0.2) is 54.7 Å². The van der Waals surface area contributed by atoms with Crippen LogP contribution in [0, 0.1) is 11.6 Å². The van der Waals surface area contributed by atoms with Gasteiger partial charge in [-0.25, -0.2) is 18.6 Å². The number of pyridine rings is 1. The number of halogens is 6. The van der Waals surface area contributed by atoms with Gasteiger partial charge in [-0.05, 0) is 29.3 Å². The third-order valence-electron chi connectivity index (χ3n) is 6.20. The Labute approximate surface area is 238 Å².